The van der Waals surface area contributed by atoms with Gasteiger partial charge in [0.1, 0.15) is 0 Å². The molecule has 0 spiro atoms. The monoisotopic (exact) mass is 463 g/mol. The third-order valence-corrected chi connectivity index (χ3v) is 6.18. The molecule has 5 N–H and O–H groups in total. The average molecular weight is 464 g/mol. The van der Waals surface area contributed by atoms with Gasteiger partial charge in [0, 0.05) is 31.2 Å². The molecule has 2 rings (SSSR count). The number of nitrogens with one attached hydrogen (secondary N) is 1. The number of aliphatic hydroxyl groups is 1. The van der Waals surface area contributed by atoms with Gasteiger partial charge in [0.15, 0.2) is 0 Å². The summed E-state index contributed by atoms with van der Waals surface area (Å²) >= 11 is 0. The second kappa shape index (κ2) is 11.5. The molecule has 0 aromatic heterocycles. The minimum absolute atomic E-state index is 0.0487. The van der Waals surface area contributed by atoms with E-state index < -0.39 is 35.5 Å². The Balaban J connectivity index is 2.06. The number of carboxylic acids is 1. The highest BCUT2D eigenvalue weighted by molar-refractivity contribution is 5.95. The summed E-state index contributed by atoms with van der Waals surface area (Å²) in [5.41, 5.74) is 7.57. The van der Waals surface area contributed by atoms with Crippen LogP contribution in [0.5, 0.6) is 0 Å². The lowest BCUT2D eigenvalue weighted by atomic mass is 9.79. The lowest BCUT2D eigenvalue weighted by Gasteiger charge is -2.37. The molecule has 1 aromatic rings. The SMILES string of the molecule is COC(=O)NC[C@H]1Cc2ccccc2N(C(=O)CC(C)(C)C[C@H](N)[C@@H](O)C[C@@H](C)C(=O)O)C1. The number of rotatable bonds is 10. The minimum Gasteiger partial charge on any atom is -0.481 e. The van der Waals surface area contributed by atoms with Gasteiger partial charge >= 0.3 is 12.1 Å². The van der Waals surface area contributed by atoms with Crippen LogP contribution < -0.4 is 16.0 Å². The van der Waals surface area contributed by atoms with Crippen molar-refractivity contribution in [2.45, 2.75) is 58.6 Å². The fraction of sp³-hybridized carbons (Fsp3) is 0.625. The van der Waals surface area contributed by atoms with Crippen molar-refractivity contribution < 1.29 is 29.3 Å². The van der Waals surface area contributed by atoms with Crippen molar-refractivity contribution in [1.82, 2.24) is 5.32 Å². The van der Waals surface area contributed by atoms with Crippen LogP contribution in [0.3, 0.4) is 0 Å². The number of methoxy groups -OCH3 is 1. The van der Waals surface area contributed by atoms with Crippen molar-refractivity contribution in [1.29, 1.82) is 0 Å². The van der Waals surface area contributed by atoms with Crippen LogP contribution in [0.2, 0.25) is 0 Å². The molecule has 0 bridgehead atoms. The number of amides is 2. The average Bonchev–Trinajstić information content (AvgIpc) is 2.75. The van der Waals surface area contributed by atoms with Gasteiger partial charge in [0.05, 0.1) is 19.1 Å². The number of hydrogen-bond donors (Lipinski definition) is 4. The Hall–Kier alpha value is -2.65. The maximum absolute atomic E-state index is 13.4. The van der Waals surface area contributed by atoms with Crippen molar-refractivity contribution in [3.05, 3.63) is 29.8 Å². The van der Waals surface area contributed by atoms with E-state index in [1.54, 1.807) is 4.90 Å². The van der Waals surface area contributed by atoms with Crippen molar-refractivity contribution in [2.24, 2.45) is 23.0 Å². The zero-order valence-corrected chi connectivity index (χ0v) is 19.9. The smallest absolute Gasteiger partial charge is 0.406 e. The number of fused-ring (bicyclic) bond motifs is 1. The summed E-state index contributed by atoms with van der Waals surface area (Å²) in [5, 5.41) is 22.1. The van der Waals surface area contributed by atoms with E-state index >= 15 is 0 Å². The molecule has 0 radical (unpaired) electrons. The van der Waals surface area contributed by atoms with Gasteiger partial charge in [-0.2, -0.15) is 0 Å². The highest BCUT2D eigenvalue weighted by Gasteiger charge is 2.34. The number of carbonyl (C=O) groups excluding carboxylic acids is 2. The number of nitrogens with two attached hydrogens (primary N) is 1. The molecule has 0 fully saturated rings. The van der Waals surface area contributed by atoms with Gasteiger partial charge in [-0.05, 0) is 42.2 Å². The largest absolute Gasteiger partial charge is 0.481 e. The molecule has 0 unspecified atom stereocenters. The summed E-state index contributed by atoms with van der Waals surface area (Å²) in [6.07, 6.45) is -0.0728. The van der Waals surface area contributed by atoms with E-state index in [9.17, 15) is 19.5 Å². The molecule has 0 saturated heterocycles. The summed E-state index contributed by atoms with van der Waals surface area (Å²) in [5.74, 6) is -1.68. The molecule has 0 saturated carbocycles. The Morgan fingerprint density at radius 3 is 2.61 bits per heavy atom. The van der Waals surface area contributed by atoms with Crippen molar-refractivity contribution in [2.75, 3.05) is 25.1 Å². The molecule has 33 heavy (non-hydrogen) atoms. The maximum atomic E-state index is 13.4. The third kappa shape index (κ3) is 7.71. The van der Waals surface area contributed by atoms with Crippen LogP contribution >= 0.6 is 0 Å². The van der Waals surface area contributed by atoms with Crippen LogP contribution in [0, 0.1) is 17.3 Å². The first-order valence-corrected chi connectivity index (χ1v) is 11.3. The Kier molecular flexibility index (Phi) is 9.25. The molecule has 184 valence electrons. The van der Waals surface area contributed by atoms with E-state index in [0.29, 0.717) is 19.5 Å². The first-order chi connectivity index (χ1) is 15.4. The van der Waals surface area contributed by atoms with Crippen LogP contribution in [-0.2, 0) is 20.7 Å². The number of anilines is 1. The maximum Gasteiger partial charge on any atom is 0.406 e. The number of aliphatic hydroxyl groups excluding tert-OH is 1. The standard InChI is InChI=1S/C24H37N3O6/c1-15(22(30)31)9-20(28)18(25)11-24(2,3)12-21(29)27-14-16(13-26-23(32)33-4)10-17-7-5-6-8-19(17)27/h5-8,15-16,18,20,28H,9-14,25H2,1-4H3,(H,26,32)(H,30,31)/t15-,16-,18+,20+/m1/s1. The second-order valence-corrected chi connectivity index (χ2v) is 9.83. The van der Waals surface area contributed by atoms with Gasteiger partial charge < -0.3 is 30.9 Å². The summed E-state index contributed by atoms with van der Waals surface area (Å²) in [7, 11) is 1.31. The number of benzene rings is 1. The highest BCUT2D eigenvalue weighted by Crippen LogP contribution is 2.34. The molecule has 1 aromatic carbocycles. The number of carbonyl (C=O) groups is 3. The van der Waals surface area contributed by atoms with Crippen molar-refractivity contribution >= 4 is 23.7 Å². The highest BCUT2D eigenvalue weighted by atomic mass is 16.5. The summed E-state index contributed by atoms with van der Waals surface area (Å²) in [4.78, 5) is 37.7. The Labute approximate surface area is 195 Å². The lowest BCUT2D eigenvalue weighted by Crippen LogP contribution is -2.46. The minimum atomic E-state index is -0.976. The second-order valence-electron chi connectivity index (χ2n) is 9.83. The van der Waals surface area contributed by atoms with Gasteiger partial charge in [-0.3, -0.25) is 9.59 Å². The molecule has 1 aliphatic rings. The molecule has 9 nitrogen and oxygen atoms in total. The fourth-order valence-electron chi connectivity index (χ4n) is 4.34. The molecule has 2 amide bonds. The van der Waals surface area contributed by atoms with Crippen LogP contribution in [0.4, 0.5) is 10.5 Å². The van der Waals surface area contributed by atoms with Gasteiger partial charge in [-0.25, -0.2) is 4.79 Å². The molecule has 1 aliphatic heterocycles. The number of hydrogen-bond acceptors (Lipinski definition) is 6. The van der Waals surface area contributed by atoms with E-state index in [1.807, 2.05) is 38.1 Å². The molecule has 1 heterocycles. The molecule has 9 heteroatoms. The molecule has 0 aliphatic carbocycles. The van der Waals surface area contributed by atoms with Crippen molar-refractivity contribution in [3.63, 3.8) is 0 Å². The third-order valence-electron chi connectivity index (χ3n) is 6.18. The summed E-state index contributed by atoms with van der Waals surface area (Å²) in [6.45, 7) is 6.24. The predicted octanol–water partition coefficient (Wildman–Crippen LogP) is 2.15. The van der Waals surface area contributed by atoms with E-state index in [4.69, 9.17) is 10.8 Å². The zero-order chi connectivity index (χ0) is 24.8. The summed E-state index contributed by atoms with van der Waals surface area (Å²) < 4.78 is 4.65. The van der Waals surface area contributed by atoms with Gasteiger partial charge in [0.2, 0.25) is 5.91 Å². The number of carboxylic acid groups (broad SMARTS) is 1. The topological polar surface area (TPSA) is 142 Å². The van der Waals surface area contributed by atoms with Crippen LogP contribution in [0.15, 0.2) is 24.3 Å². The number of para-hydroxylation sites is 1. The number of alkyl carbamates (subject to hydrolysis) is 1. The molecular formula is C24H37N3O6. The van der Waals surface area contributed by atoms with E-state index in [2.05, 4.69) is 10.1 Å². The van der Waals surface area contributed by atoms with Gasteiger partial charge in [-0.15, -0.1) is 0 Å². The molecule has 4 atom stereocenters. The Morgan fingerprint density at radius 2 is 1.97 bits per heavy atom. The zero-order valence-electron chi connectivity index (χ0n) is 19.9. The Bertz CT molecular complexity index is 843. The van der Waals surface area contributed by atoms with Gasteiger partial charge in [0.25, 0.3) is 0 Å². The van der Waals surface area contributed by atoms with Crippen LogP contribution in [-0.4, -0.2) is 60.5 Å². The van der Waals surface area contributed by atoms with Gasteiger partial charge in [-0.1, -0.05) is 39.0 Å². The fourth-order valence-corrected chi connectivity index (χ4v) is 4.34. The normalized spacial score (nSPS) is 18.6. The van der Waals surface area contributed by atoms with E-state index in [0.717, 1.165) is 17.7 Å². The number of nitrogens with zero attached hydrogens (tertiary/aromatic N) is 1. The molecular weight excluding hydrogens is 426 g/mol. The summed E-state index contributed by atoms with van der Waals surface area (Å²) in [6, 6.07) is 7.10. The quantitative estimate of drug-likeness (QED) is 0.416. The lowest BCUT2D eigenvalue weighted by molar-refractivity contribution is -0.142. The number of aliphatic carboxylic acids is 1. The van der Waals surface area contributed by atoms with E-state index in [-0.39, 0.29) is 24.7 Å². The van der Waals surface area contributed by atoms with E-state index in [1.165, 1.54) is 14.0 Å². The first-order valence-electron chi connectivity index (χ1n) is 11.3. The Morgan fingerprint density at radius 1 is 1.30 bits per heavy atom. The van der Waals surface area contributed by atoms with Crippen molar-refractivity contribution in [3.8, 4) is 0 Å². The predicted molar refractivity (Wildman–Crippen MR) is 125 cm³/mol. The number of ether oxygens (including phenoxy) is 1. The van der Waals surface area contributed by atoms with Crippen LogP contribution in [0.25, 0.3) is 0 Å². The van der Waals surface area contributed by atoms with Crippen LogP contribution in [0.1, 0.15) is 45.6 Å². The first kappa shape index (κ1) is 26.6.